The van der Waals surface area contributed by atoms with Crippen LogP contribution in [-0.2, 0) is 17.7 Å². The molecule has 2 N–H and O–H groups in total. The molecule has 1 aromatic heterocycles. The normalized spacial score (nSPS) is 21.5. The number of carbonyl (C=O) groups is 1. The van der Waals surface area contributed by atoms with Crippen LogP contribution in [0, 0.1) is 5.92 Å². The summed E-state index contributed by atoms with van der Waals surface area (Å²) >= 11 is 0. The highest BCUT2D eigenvalue weighted by molar-refractivity contribution is 5.73. The molecular weight excluding hydrogens is 282 g/mol. The molecule has 1 aromatic rings. The number of hydrogen-bond donors (Lipinski definition) is 2. The van der Waals surface area contributed by atoms with Crippen molar-refractivity contribution in [3.63, 3.8) is 0 Å². The lowest BCUT2D eigenvalue weighted by Crippen LogP contribution is -2.38. The minimum atomic E-state index is -0.213. The maximum atomic E-state index is 11.7. The summed E-state index contributed by atoms with van der Waals surface area (Å²) < 4.78 is 11.0. The van der Waals surface area contributed by atoms with Gasteiger partial charge in [0.1, 0.15) is 0 Å². The number of aromatic nitrogens is 1. The molecule has 0 spiro atoms. The smallest absolute Gasteiger partial charge is 0.315 e. The van der Waals surface area contributed by atoms with Gasteiger partial charge in [-0.15, -0.1) is 0 Å². The Hall–Kier alpha value is -1.56. The molecule has 1 saturated carbocycles. The molecular formula is C16H27N3O3. The Morgan fingerprint density at radius 3 is 2.95 bits per heavy atom. The number of hydrogen-bond acceptors (Lipinski definition) is 4. The van der Waals surface area contributed by atoms with Crippen molar-refractivity contribution in [3.8, 4) is 0 Å². The van der Waals surface area contributed by atoms with Gasteiger partial charge in [0, 0.05) is 12.6 Å². The maximum absolute atomic E-state index is 11.7. The number of nitrogens with one attached hydrogen (secondary N) is 2. The Balaban J connectivity index is 1.55. The molecule has 2 atom stereocenters. The SMILES string of the molecule is CCc1cc(CNC(=O)NCCO[C@@H]2CCCC[C@H]2C)on1. The molecule has 0 aromatic carbocycles. The first kappa shape index (κ1) is 16.8. The molecule has 0 bridgehead atoms. The van der Waals surface area contributed by atoms with E-state index in [1.165, 1.54) is 19.3 Å². The Kier molecular flexibility index (Phi) is 6.71. The Bertz CT molecular complexity index is 461. The molecule has 124 valence electrons. The molecule has 2 amide bonds. The summed E-state index contributed by atoms with van der Waals surface area (Å²) in [5, 5.41) is 9.42. The summed E-state index contributed by atoms with van der Waals surface area (Å²) in [6.07, 6.45) is 6.12. The van der Waals surface area contributed by atoms with Crippen LogP contribution in [0.3, 0.4) is 0 Å². The molecule has 22 heavy (non-hydrogen) atoms. The number of amides is 2. The molecule has 1 heterocycles. The van der Waals surface area contributed by atoms with Gasteiger partial charge in [-0.25, -0.2) is 4.79 Å². The third-order valence-corrected chi connectivity index (χ3v) is 4.15. The van der Waals surface area contributed by atoms with Crippen molar-refractivity contribution in [3.05, 3.63) is 17.5 Å². The van der Waals surface area contributed by atoms with E-state index in [1.54, 1.807) is 0 Å². The van der Waals surface area contributed by atoms with Gasteiger partial charge in [0.25, 0.3) is 0 Å². The molecule has 0 unspecified atom stereocenters. The molecule has 0 aliphatic heterocycles. The predicted molar refractivity (Wildman–Crippen MR) is 83.5 cm³/mol. The lowest BCUT2D eigenvalue weighted by molar-refractivity contribution is -0.00243. The maximum Gasteiger partial charge on any atom is 0.315 e. The fourth-order valence-electron chi connectivity index (χ4n) is 2.74. The zero-order valence-corrected chi connectivity index (χ0v) is 13.6. The minimum Gasteiger partial charge on any atom is -0.376 e. The van der Waals surface area contributed by atoms with E-state index >= 15 is 0 Å². The summed E-state index contributed by atoms with van der Waals surface area (Å²) in [6.45, 7) is 5.68. The zero-order chi connectivity index (χ0) is 15.8. The van der Waals surface area contributed by atoms with E-state index in [0.717, 1.165) is 18.5 Å². The topological polar surface area (TPSA) is 76.4 Å². The molecule has 0 radical (unpaired) electrons. The van der Waals surface area contributed by atoms with Gasteiger partial charge in [-0.2, -0.15) is 0 Å². The first-order valence-corrected chi connectivity index (χ1v) is 8.26. The van der Waals surface area contributed by atoms with Crippen molar-refractivity contribution < 1.29 is 14.1 Å². The van der Waals surface area contributed by atoms with Crippen molar-refractivity contribution in [1.29, 1.82) is 0 Å². The summed E-state index contributed by atoms with van der Waals surface area (Å²) in [4.78, 5) is 11.7. The number of ether oxygens (including phenoxy) is 1. The van der Waals surface area contributed by atoms with E-state index in [2.05, 4.69) is 22.7 Å². The molecule has 1 aliphatic rings. The van der Waals surface area contributed by atoms with Crippen LogP contribution in [0.15, 0.2) is 10.6 Å². The first-order valence-electron chi connectivity index (χ1n) is 8.26. The second-order valence-corrected chi connectivity index (χ2v) is 5.92. The molecule has 0 saturated heterocycles. The molecule has 6 heteroatoms. The largest absolute Gasteiger partial charge is 0.376 e. The van der Waals surface area contributed by atoms with Crippen molar-refractivity contribution in [1.82, 2.24) is 15.8 Å². The zero-order valence-electron chi connectivity index (χ0n) is 13.6. The Morgan fingerprint density at radius 2 is 2.23 bits per heavy atom. The van der Waals surface area contributed by atoms with Crippen LogP contribution in [0.1, 0.15) is 51.0 Å². The van der Waals surface area contributed by atoms with Crippen molar-refractivity contribution in [2.75, 3.05) is 13.2 Å². The van der Waals surface area contributed by atoms with Crippen molar-refractivity contribution >= 4 is 6.03 Å². The number of carbonyl (C=O) groups excluding carboxylic acids is 1. The Labute approximate surface area is 132 Å². The molecule has 2 rings (SSSR count). The van der Waals surface area contributed by atoms with Crippen LogP contribution < -0.4 is 10.6 Å². The molecule has 1 aliphatic carbocycles. The predicted octanol–water partition coefficient (Wildman–Crippen LogP) is 2.63. The number of aryl methyl sites for hydroxylation is 1. The van der Waals surface area contributed by atoms with Gasteiger partial charge >= 0.3 is 6.03 Å². The molecule has 1 fully saturated rings. The Morgan fingerprint density at radius 1 is 1.41 bits per heavy atom. The average molecular weight is 309 g/mol. The second-order valence-electron chi connectivity index (χ2n) is 5.92. The monoisotopic (exact) mass is 309 g/mol. The van der Waals surface area contributed by atoms with E-state index in [1.807, 2.05) is 13.0 Å². The summed E-state index contributed by atoms with van der Waals surface area (Å²) in [6, 6.07) is 1.64. The van der Waals surface area contributed by atoms with E-state index in [-0.39, 0.29) is 6.03 Å². The average Bonchev–Trinajstić information content (AvgIpc) is 2.99. The van der Waals surface area contributed by atoms with Gasteiger partial charge < -0.3 is 19.9 Å². The van der Waals surface area contributed by atoms with E-state index in [4.69, 9.17) is 9.26 Å². The minimum absolute atomic E-state index is 0.213. The van der Waals surface area contributed by atoms with Crippen LogP contribution in [-0.4, -0.2) is 30.4 Å². The van der Waals surface area contributed by atoms with E-state index in [9.17, 15) is 4.79 Å². The van der Waals surface area contributed by atoms with Gasteiger partial charge in [-0.3, -0.25) is 0 Å². The summed E-state index contributed by atoms with van der Waals surface area (Å²) in [7, 11) is 0. The van der Waals surface area contributed by atoms with Crippen LogP contribution in [0.5, 0.6) is 0 Å². The number of urea groups is 1. The lowest BCUT2D eigenvalue weighted by Gasteiger charge is -2.28. The van der Waals surface area contributed by atoms with Gasteiger partial charge in [-0.1, -0.05) is 31.8 Å². The van der Waals surface area contributed by atoms with E-state index in [0.29, 0.717) is 37.5 Å². The number of nitrogens with zero attached hydrogens (tertiary/aromatic N) is 1. The van der Waals surface area contributed by atoms with Crippen LogP contribution >= 0.6 is 0 Å². The van der Waals surface area contributed by atoms with Crippen LogP contribution in [0.4, 0.5) is 4.79 Å². The quantitative estimate of drug-likeness (QED) is 0.759. The summed E-state index contributed by atoms with van der Waals surface area (Å²) in [5.74, 6) is 1.29. The third-order valence-electron chi connectivity index (χ3n) is 4.15. The van der Waals surface area contributed by atoms with Gasteiger partial charge in [0.2, 0.25) is 0 Å². The van der Waals surface area contributed by atoms with Crippen molar-refractivity contribution in [2.45, 2.75) is 58.6 Å². The lowest BCUT2D eigenvalue weighted by atomic mass is 9.88. The van der Waals surface area contributed by atoms with Gasteiger partial charge in [0.05, 0.1) is 24.9 Å². The highest BCUT2D eigenvalue weighted by atomic mass is 16.5. The van der Waals surface area contributed by atoms with Gasteiger partial charge in [0.15, 0.2) is 5.76 Å². The fraction of sp³-hybridized carbons (Fsp3) is 0.750. The highest BCUT2D eigenvalue weighted by Crippen LogP contribution is 2.25. The summed E-state index contributed by atoms with van der Waals surface area (Å²) in [5.41, 5.74) is 0.896. The first-order chi connectivity index (χ1) is 10.7. The third kappa shape index (κ3) is 5.33. The number of rotatable bonds is 7. The van der Waals surface area contributed by atoms with Crippen LogP contribution in [0.2, 0.25) is 0 Å². The fourth-order valence-corrected chi connectivity index (χ4v) is 2.74. The van der Waals surface area contributed by atoms with Crippen molar-refractivity contribution in [2.24, 2.45) is 5.92 Å². The second kappa shape index (κ2) is 8.78. The highest BCUT2D eigenvalue weighted by Gasteiger charge is 2.21. The van der Waals surface area contributed by atoms with Gasteiger partial charge in [-0.05, 0) is 25.2 Å². The van der Waals surface area contributed by atoms with Crippen LogP contribution in [0.25, 0.3) is 0 Å². The van der Waals surface area contributed by atoms with E-state index < -0.39 is 0 Å². The molecule has 6 nitrogen and oxygen atoms in total. The standard InChI is InChI=1S/C16H27N3O3/c1-3-13-10-14(22-19-13)11-18-16(20)17-8-9-21-15-7-5-4-6-12(15)2/h10,12,15H,3-9,11H2,1-2H3,(H2,17,18,20)/t12-,15-/m1/s1.